The van der Waals surface area contributed by atoms with Gasteiger partial charge in [0.25, 0.3) is 0 Å². The molecule has 120 valence electrons. The van der Waals surface area contributed by atoms with Gasteiger partial charge < -0.3 is 9.64 Å². The van der Waals surface area contributed by atoms with Crippen molar-refractivity contribution in [3.63, 3.8) is 0 Å². The van der Waals surface area contributed by atoms with Crippen LogP contribution in [0.15, 0.2) is 36.4 Å². The van der Waals surface area contributed by atoms with E-state index in [1.165, 1.54) is 12.1 Å². The fraction of sp³-hybridized carbons (Fsp3) is 0.214. The summed E-state index contributed by atoms with van der Waals surface area (Å²) >= 11 is 0. The summed E-state index contributed by atoms with van der Waals surface area (Å²) in [5.74, 6) is 0.452. The first kappa shape index (κ1) is 15.1. The van der Waals surface area contributed by atoms with E-state index in [1.54, 1.807) is 22.7 Å². The van der Waals surface area contributed by atoms with E-state index in [1.807, 2.05) is 25.1 Å². The summed E-state index contributed by atoms with van der Waals surface area (Å²) < 4.78 is 42.1. The van der Waals surface area contributed by atoms with Crippen LogP contribution in [0.3, 0.4) is 0 Å². The summed E-state index contributed by atoms with van der Waals surface area (Å²) in [4.78, 5) is 1.83. The van der Waals surface area contributed by atoms with Gasteiger partial charge in [-0.3, -0.25) is 0 Å². The molecule has 0 atom stereocenters. The van der Waals surface area contributed by atoms with Crippen LogP contribution >= 0.6 is 0 Å². The van der Waals surface area contributed by atoms with Crippen molar-refractivity contribution in [3.8, 4) is 16.9 Å². The highest BCUT2D eigenvalue weighted by molar-refractivity contribution is 5.78. The summed E-state index contributed by atoms with van der Waals surface area (Å²) in [5, 5.41) is 11.4. The first-order chi connectivity index (χ1) is 10.8. The van der Waals surface area contributed by atoms with Crippen molar-refractivity contribution >= 4 is 11.5 Å². The molecule has 0 aliphatic carbocycles. The van der Waals surface area contributed by atoms with Crippen LogP contribution in [0.1, 0.15) is 0 Å². The minimum atomic E-state index is -4.71. The first-order valence-corrected chi connectivity index (χ1v) is 6.60. The minimum Gasteiger partial charge on any atom is -0.406 e. The summed E-state index contributed by atoms with van der Waals surface area (Å²) in [6.07, 6.45) is -4.71. The lowest BCUT2D eigenvalue weighted by molar-refractivity contribution is -0.274. The monoisotopic (exact) mass is 323 g/mol. The van der Waals surface area contributed by atoms with Crippen molar-refractivity contribution in [1.82, 2.24) is 20.0 Å². The van der Waals surface area contributed by atoms with E-state index in [9.17, 15) is 13.2 Å². The normalized spacial score (nSPS) is 11.7. The van der Waals surface area contributed by atoms with Gasteiger partial charge in [-0.15, -0.1) is 18.3 Å². The van der Waals surface area contributed by atoms with E-state index in [-0.39, 0.29) is 5.75 Å². The number of pyridine rings is 1. The van der Waals surface area contributed by atoms with Crippen molar-refractivity contribution in [2.75, 3.05) is 19.0 Å². The Kier molecular flexibility index (Phi) is 3.55. The molecule has 0 saturated heterocycles. The highest BCUT2D eigenvalue weighted by atomic mass is 19.4. The Morgan fingerprint density at radius 2 is 1.74 bits per heavy atom. The summed E-state index contributed by atoms with van der Waals surface area (Å²) in [6, 6.07) is 9.21. The van der Waals surface area contributed by atoms with Gasteiger partial charge in [0.2, 0.25) is 0 Å². The average Bonchev–Trinajstić information content (AvgIpc) is 2.93. The van der Waals surface area contributed by atoms with E-state index in [0.29, 0.717) is 5.65 Å². The Balaban J connectivity index is 2.04. The Morgan fingerprint density at radius 1 is 1.04 bits per heavy atom. The van der Waals surface area contributed by atoms with Crippen LogP contribution in [0, 0.1) is 0 Å². The molecule has 1 aromatic carbocycles. The van der Waals surface area contributed by atoms with Crippen LogP contribution in [0.25, 0.3) is 16.8 Å². The molecule has 0 aliphatic rings. The van der Waals surface area contributed by atoms with Gasteiger partial charge >= 0.3 is 6.36 Å². The molecule has 6 nitrogen and oxygen atoms in total. The second-order valence-electron chi connectivity index (χ2n) is 4.99. The maximum absolute atomic E-state index is 12.2. The molecule has 0 bridgehead atoms. The fourth-order valence-corrected chi connectivity index (χ4v) is 2.29. The topological polar surface area (TPSA) is 55.5 Å². The van der Waals surface area contributed by atoms with Crippen molar-refractivity contribution in [2.24, 2.45) is 0 Å². The Hall–Kier alpha value is -2.84. The van der Waals surface area contributed by atoms with Crippen LogP contribution < -0.4 is 9.64 Å². The second kappa shape index (κ2) is 5.41. The molecule has 23 heavy (non-hydrogen) atoms. The highest BCUT2D eigenvalue weighted by Crippen LogP contribution is 2.32. The number of alkyl halides is 3. The Bertz CT molecular complexity index is 827. The molecule has 0 amide bonds. The zero-order valence-corrected chi connectivity index (χ0v) is 12.2. The van der Waals surface area contributed by atoms with Gasteiger partial charge in [0.15, 0.2) is 5.65 Å². The van der Waals surface area contributed by atoms with E-state index in [0.717, 1.165) is 16.9 Å². The number of anilines is 1. The molecule has 9 heteroatoms. The summed E-state index contributed by atoms with van der Waals surface area (Å²) in [5.41, 5.74) is 2.09. The van der Waals surface area contributed by atoms with Gasteiger partial charge in [-0.2, -0.15) is 4.52 Å². The quantitative estimate of drug-likeness (QED) is 0.742. The highest BCUT2D eigenvalue weighted by Gasteiger charge is 2.31. The number of hydrogen-bond acceptors (Lipinski definition) is 5. The van der Waals surface area contributed by atoms with E-state index >= 15 is 0 Å². The molecule has 0 unspecified atom stereocenters. The summed E-state index contributed by atoms with van der Waals surface area (Å²) in [7, 11) is 3.67. The van der Waals surface area contributed by atoms with Crippen molar-refractivity contribution in [3.05, 3.63) is 36.4 Å². The Labute approximate surface area is 129 Å². The number of halogens is 3. The van der Waals surface area contributed by atoms with E-state index in [4.69, 9.17) is 0 Å². The maximum atomic E-state index is 12.2. The number of hydrogen-bond donors (Lipinski definition) is 0. The minimum absolute atomic E-state index is 0.267. The standard InChI is InChI=1S/C14H12F3N5O/c1-21(2)13-11(7-8-12-18-19-20-22(12)13)9-3-5-10(6-4-9)23-14(15,16)17/h3-8H,1-2H3. The zero-order valence-electron chi connectivity index (χ0n) is 12.2. The van der Waals surface area contributed by atoms with Crippen LogP contribution in [-0.2, 0) is 0 Å². The molecule has 3 aromatic rings. The number of aromatic nitrogens is 4. The molecule has 2 heterocycles. The van der Waals surface area contributed by atoms with Gasteiger partial charge in [-0.25, -0.2) is 0 Å². The van der Waals surface area contributed by atoms with Crippen LogP contribution in [0.4, 0.5) is 19.0 Å². The predicted octanol–water partition coefficient (Wildman–Crippen LogP) is 2.76. The first-order valence-electron chi connectivity index (χ1n) is 6.60. The molecular weight excluding hydrogens is 311 g/mol. The SMILES string of the molecule is CN(C)c1c(-c2ccc(OC(F)(F)F)cc2)ccc2nnnn12. The van der Waals surface area contributed by atoms with Crippen molar-refractivity contribution in [2.45, 2.75) is 6.36 Å². The second-order valence-corrected chi connectivity index (χ2v) is 4.99. The number of benzene rings is 1. The van der Waals surface area contributed by atoms with E-state index in [2.05, 4.69) is 20.3 Å². The van der Waals surface area contributed by atoms with Gasteiger partial charge in [-0.1, -0.05) is 12.1 Å². The predicted molar refractivity (Wildman–Crippen MR) is 77.2 cm³/mol. The summed E-state index contributed by atoms with van der Waals surface area (Å²) in [6.45, 7) is 0. The van der Waals surface area contributed by atoms with Crippen molar-refractivity contribution in [1.29, 1.82) is 0 Å². The average molecular weight is 323 g/mol. The lowest BCUT2D eigenvalue weighted by Gasteiger charge is -2.18. The zero-order chi connectivity index (χ0) is 16.6. The molecule has 0 saturated carbocycles. The molecule has 0 spiro atoms. The number of fused-ring (bicyclic) bond motifs is 1. The third-order valence-corrected chi connectivity index (χ3v) is 3.16. The number of ether oxygens (including phenoxy) is 1. The lowest BCUT2D eigenvalue weighted by atomic mass is 10.1. The maximum Gasteiger partial charge on any atom is 0.573 e. The molecule has 2 aromatic heterocycles. The van der Waals surface area contributed by atoms with Crippen LogP contribution in [0.2, 0.25) is 0 Å². The fourth-order valence-electron chi connectivity index (χ4n) is 2.29. The molecule has 0 radical (unpaired) electrons. The molecule has 0 fully saturated rings. The van der Waals surface area contributed by atoms with Crippen LogP contribution in [0.5, 0.6) is 5.75 Å². The molecular formula is C14H12F3N5O. The van der Waals surface area contributed by atoms with Gasteiger partial charge in [0.05, 0.1) is 0 Å². The third kappa shape index (κ3) is 3.03. The van der Waals surface area contributed by atoms with E-state index < -0.39 is 6.36 Å². The molecule has 0 aliphatic heterocycles. The van der Waals surface area contributed by atoms with Gasteiger partial charge in [0, 0.05) is 19.7 Å². The molecule has 3 rings (SSSR count). The molecule has 0 N–H and O–H groups in total. The third-order valence-electron chi connectivity index (χ3n) is 3.16. The number of nitrogens with zero attached hydrogens (tertiary/aromatic N) is 5. The Morgan fingerprint density at radius 3 is 2.35 bits per heavy atom. The number of rotatable bonds is 3. The largest absolute Gasteiger partial charge is 0.573 e. The van der Waals surface area contributed by atoms with Crippen molar-refractivity contribution < 1.29 is 17.9 Å². The van der Waals surface area contributed by atoms with Gasteiger partial charge in [-0.05, 0) is 40.3 Å². The smallest absolute Gasteiger partial charge is 0.406 e. The van der Waals surface area contributed by atoms with Gasteiger partial charge in [0.1, 0.15) is 11.6 Å². The number of tetrazole rings is 1. The van der Waals surface area contributed by atoms with Crippen LogP contribution in [-0.4, -0.2) is 40.5 Å². The lowest BCUT2D eigenvalue weighted by Crippen LogP contribution is -2.17.